The maximum atomic E-state index is 14.2. The van der Waals surface area contributed by atoms with E-state index in [2.05, 4.69) is 15.9 Å². The predicted octanol–water partition coefficient (Wildman–Crippen LogP) is 2.76. The van der Waals surface area contributed by atoms with Gasteiger partial charge in [0.05, 0.1) is 22.3 Å². The van der Waals surface area contributed by atoms with Gasteiger partial charge in [0, 0.05) is 26.1 Å². The van der Waals surface area contributed by atoms with E-state index in [1.165, 1.54) is 12.1 Å². The van der Waals surface area contributed by atoms with E-state index in [0.29, 0.717) is 18.2 Å². The van der Waals surface area contributed by atoms with E-state index in [0.717, 1.165) is 19.5 Å². The molecule has 1 saturated heterocycles. The highest BCUT2D eigenvalue weighted by atomic mass is 79.9. The Labute approximate surface area is 119 Å². The molecule has 19 heavy (non-hydrogen) atoms. The number of rotatable bonds is 4. The second-order valence-electron chi connectivity index (χ2n) is 4.62. The van der Waals surface area contributed by atoms with Gasteiger partial charge in [-0.1, -0.05) is 0 Å². The number of hydrogen-bond donors (Lipinski definition) is 1. The molecule has 1 aromatic rings. The summed E-state index contributed by atoms with van der Waals surface area (Å²) in [6.45, 7) is 2.14. The highest BCUT2D eigenvalue weighted by molar-refractivity contribution is 9.10. The third kappa shape index (κ3) is 2.90. The summed E-state index contributed by atoms with van der Waals surface area (Å²) in [5.74, 6) is -1.27. The van der Waals surface area contributed by atoms with Crippen LogP contribution in [0, 0.1) is 11.7 Å². The third-order valence-electron chi connectivity index (χ3n) is 3.32. The molecule has 1 unspecified atom stereocenters. The number of ether oxygens (including phenoxy) is 1. The molecule has 0 amide bonds. The number of hydrogen-bond acceptors (Lipinski definition) is 3. The van der Waals surface area contributed by atoms with Crippen LogP contribution in [0.25, 0.3) is 0 Å². The molecule has 1 atom stereocenters. The summed E-state index contributed by atoms with van der Waals surface area (Å²) in [7, 11) is 1.65. The number of methoxy groups -OCH3 is 1. The maximum absolute atomic E-state index is 14.2. The fourth-order valence-corrected chi connectivity index (χ4v) is 2.88. The predicted molar refractivity (Wildman–Crippen MR) is 73.3 cm³/mol. The molecule has 1 heterocycles. The van der Waals surface area contributed by atoms with Gasteiger partial charge in [-0.3, -0.25) is 0 Å². The van der Waals surface area contributed by atoms with E-state index >= 15 is 0 Å². The van der Waals surface area contributed by atoms with Crippen molar-refractivity contribution in [3.8, 4) is 0 Å². The molecule has 1 N–H and O–H groups in total. The molecule has 0 aromatic heterocycles. The van der Waals surface area contributed by atoms with Crippen molar-refractivity contribution < 1.29 is 19.0 Å². The smallest absolute Gasteiger partial charge is 0.336 e. The molecular weight excluding hydrogens is 317 g/mol. The van der Waals surface area contributed by atoms with Crippen LogP contribution in [0.5, 0.6) is 0 Å². The van der Waals surface area contributed by atoms with E-state index in [9.17, 15) is 9.18 Å². The van der Waals surface area contributed by atoms with Crippen molar-refractivity contribution in [3.05, 3.63) is 28.0 Å². The molecule has 1 fully saturated rings. The minimum atomic E-state index is -1.14. The summed E-state index contributed by atoms with van der Waals surface area (Å²) in [5, 5.41) is 8.93. The molecule has 1 aromatic carbocycles. The SMILES string of the molecule is COCC1CCN(c2ccc(C(=O)O)c(Br)c2F)C1. The Kier molecular flexibility index (Phi) is 4.42. The van der Waals surface area contributed by atoms with Gasteiger partial charge >= 0.3 is 5.97 Å². The van der Waals surface area contributed by atoms with Crippen LogP contribution in [0.15, 0.2) is 16.6 Å². The van der Waals surface area contributed by atoms with Crippen LogP contribution in [0.4, 0.5) is 10.1 Å². The van der Waals surface area contributed by atoms with E-state index in [-0.39, 0.29) is 10.0 Å². The molecule has 0 saturated carbocycles. The number of aromatic carboxylic acids is 1. The summed E-state index contributed by atoms with van der Waals surface area (Å²) in [6, 6.07) is 2.95. The molecular formula is C13H15BrFNO3. The first-order chi connectivity index (χ1) is 9.04. The first-order valence-corrected chi connectivity index (χ1v) is 6.79. The Morgan fingerprint density at radius 2 is 2.37 bits per heavy atom. The van der Waals surface area contributed by atoms with Crippen molar-refractivity contribution in [1.29, 1.82) is 0 Å². The largest absolute Gasteiger partial charge is 0.478 e. The summed E-state index contributed by atoms with van der Waals surface area (Å²) in [4.78, 5) is 12.8. The molecule has 1 aliphatic heterocycles. The zero-order valence-corrected chi connectivity index (χ0v) is 12.1. The van der Waals surface area contributed by atoms with Crippen molar-refractivity contribution in [2.45, 2.75) is 6.42 Å². The monoisotopic (exact) mass is 331 g/mol. The average molecular weight is 332 g/mol. The Balaban J connectivity index is 2.23. The number of halogens is 2. The molecule has 0 bridgehead atoms. The fraction of sp³-hybridized carbons (Fsp3) is 0.462. The van der Waals surface area contributed by atoms with Crippen LogP contribution in [0.2, 0.25) is 0 Å². The zero-order chi connectivity index (χ0) is 14.0. The van der Waals surface area contributed by atoms with Crippen LogP contribution in [0.1, 0.15) is 16.8 Å². The molecule has 0 aliphatic carbocycles. The quantitative estimate of drug-likeness (QED) is 0.921. The van der Waals surface area contributed by atoms with Crippen molar-refractivity contribution in [3.63, 3.8) is 0 Å². The maximum Gasteiger partial charge on any atom is 0.336 e. The second kappa shape index (κ2) is 5.88. The van der Waals surface area contributed by atoms with Crippen LogP contribution < -0.4 is 4.90 Å². The first-order valence-electron chi connectivity index (χ1n) is 5.99. The van der Waals surface area contributed by atoms with Gasteiger partial charge in [0.25, 0.3) is 0 Å². The third-order valence-corrected chi connectivity index (χ3v) is 4.10. The minimum Gasteiger partial charge on any atom is -0.478 e. The van der Waals surface area contributed by atoms with Gasteiger partial charge in [-0.2, -0.15) is 0 Å². The van der Waals surface area contributed by atoms with Gasteiger partial charge in [0.15, 0.2) is 5.82 Å². The standard InChI is InChI=1S/C13H15BrFNO3/c1-19-7-8-4-5-16(6-8)10-3-2-9(13(17)18)11(14)12(10)15/h2-3,8H,4-7H2,1H3,(H,17,18). The van der Waals surface area contributed by atoms with Crippen LogP contribution in [-0.2, 0) is 4.74 Å². The summed E-state index contributed by atoms with van der Waals surface area (Å²) in [5.41, 5.74) is 0.379. The number of benzene rings is 1. The van der Waals surface area contributed by atoms with Gasteiger partial charge in [0.2, 0.25) is 0 Å². The number of carboxylic acid groups (broad SMARTS) is 1. The lowest BCUT2D eigenvalue weighted by molar-refractivity contribution is 0.0695. The number of nitrogens with zero attached hydrogens (tertiary/aromatic N) is 1. The van der Waals surface area contributed by atoms with Gasteiger partial charge in [-0.25, -0.2) is 9.18 Å². The summed E-state index contributed by atoms with van der Waals surface area (Å²) >= 11 is 3.02. The Morgan fingerprint density at radius 3 is 3.00 bits per heavy atom. The second-order valence-corrected chi connectivity index (χ2v) is 5.41. The molecule has 1 aliphatic rings. The lowest BCUT2D eigenvalue weighted by atomic mass is 10.1. The summed E-state index contributed by atoms with van der Waals surface area (Å²) < 4.78 is 19.3. The van der Waals surface area contributed by atoms with E-state index in [1.807, 2.05) is 4.90 Å². The Hall–Kier alpha value is -1.14. The molecule has 0 radical (unpaired) electrons. The van der Waals surface area contributed by atoms with Crippen molar-refractivity contribution in [2.24, 2.45) is 5.92 Å². The zero-order valence-electron chi connectivity index (χ0n) is 10.5. The molecule has 4 nitrogen and oxygen atoms in total. The highest BCUT2D eigenvalue weighted by Gasteiger charge is 2.26. The van der Waals surface area contributed by atoms with Gasteiger partial charge in [-0.15, -0.1) is 0 Å². The molecule has 2 rings (SSSR count). The van der Waals surface area contributed by atoms with Crippen molar-refractivity contribution >= 4 is 27.6 Å². The van der Waals surface area contributed by atoms with Crippen molar-refractivity contribution in [1.82, 2.24) is 0 Å². The average Bonchev–Trinajstić information content (AvgIpc) is 2.81. The fourth-order valence-electron chi connectivity index (χ4n) is 2.37. The highest BCUT2D eigenvalue weighted by Crippen LogP contribution is 2.32. The summed E-state index contributed by atoms with van der Waals surface area (Å²) in [6.07, 6.45) is 0.950. The molecule has 104 valence electrons. The van der Waals surface area contributed by atoms with Gasteiger partial charge in [-0.05, 0) is 34.5 Å². The van der Waals surface area contributed by atoms with Gasteiger partial charge in [0.1, 0.15) is 0 Å². The lowest BCUT2D eigenvalue weighted by Crippen LogP contribution is -2.22. The number of anilines is 1. The van der Waals surface area contributed by atoms with E-state index in [1.54, 1.807) is 7.11 Å². The van der Waals surface area contributed by atoms with Crippen LogP contribution >= 0.6 is 15.9 Å². The Bertz CT molecular complexity index is 495. The lowest BCUT2D eigenvalue weighted by Gasteiger charge is -2.20. The number of carbonyl (C=O) groups is 1. The first kappa shape index (κ1) is 14.3. The molecule has 0 spiro atoms. The molecule has 6 heteroatoms. The van der Waals surface area contributed by atoms with Gasteiger partial charge < -0.3 is 14.7 Å². The van der Waals surface area contributed by atoms with E-state index < -0.39 is 11.8 Å². The van der Waals surface area contributed by atoms with E-state index in [4.69, 9.17) is 9.84 Å². The van der Waals surface area contributed by atoms with Crippen LogP contribution in [0.3, 0.4) is 0 Å². The minimum absolute atomic E-state index is 0.00712. The Morgan fingerprint density at radius 1 is 1.63 bits per heavy atom. The topological polar surface area (TPSA) is 49.8 Å². The van der Waals surface area contributed by atoms with Crippen LogP contribution in [-0.4, -0.2) is 37.9 Å². The normalized spacial score (nSPS) is 18.9. The number of carboxylic acids is 1. The van der Waals surface area contributed by atoms with Crippen molar-refractivity contribution in [2.75, 3.05) is 31.7 Å².